The second kappa shape index (κ2) is 4.57. The molecule has 0 saturated carbocycles. The molecule has 0 saturated heterocycles. The number of rotatable bonds is 4. The average molecular weight is 235 g/mol. The van der Waals surface area contributed by atoms with Gasteiger partial charge in [0.05, 0.1) is 6.54 Å². The summed E-state index contributed by atoms with van der Waals surface area (Å²) in [5.41, 5.74) is -0.00851. The van der Waals surface area contributed by atoms with Crippen molar-refractivity contribution in [1.29, 1.82) is 0 Å². The van der Waals surface area contributed by atoms with Crippen molar-refractivity contribution in [3.8, 4) is 0 Å². The molecule has 2 aromatic rings. The van der Waals surface area contributed by atoms with Crippen LogP contribution in [0, 0.1) is 0 Å². The Hall–Kier alpha value is -1.85. The van der Waals surface area contributed by atoms with E-state index in [2.05, 4.69) is 10.1 Å². The summed E-state index contributed by atoms with van der Waals surface area (Å²) < 4.78 is 5.14. The van der Waals surface area contributed by atoms with E-state index in [1.54, 1.807) is 21.5 Å². The predicted molar refractivity (Wildman–Crippen MR) is 63.9 cm³/mol. The Kier molecular flexibility index (Phi) is 3.12. The molecule has 2 aromatic heterocycles. The zero-order chi connectivity index (χ0) is 12.4. The van der Waals surface area contributed by atoms with Crippen LogP contribution in [-0.4, -0.2) is 23.9 Å². The SMILES string of the molecule is CCn1ccn(Cc2ncnn2C(C)C)c1=O. The van der Waals surface area contributed by atoms with Gasteiger partial charge in [0.1, 0.15) is 12.2 Å². The van der Waals surface area contributed by atoms with Crippen LogP contribution >= 0.6 is 0 Å². The lowest BCUT2D eigenvalue weighted by atomic mass is 10.4. The summed E-state index contributed by atoms with van der Waals surface area (Å²) in [6, 6.07) is 0.247. The van der Waals surface area contributed by atoms with E-state index in [1.165, 1.54) is 6.33 Å². The first-order chi connectivity index (χ1) is 8.13. The molecule has 0 unspecified atom stereocenters. The van der Waals surface area contributed by atoms with Crippen LogP contribution in [0.2, 0.25) is 0 Å². The van der Waals surface area contributed by atoms with E-state index < -0.39 is 0 Å². The molecular weight excluding hydrogens is 218 g/mol. The Morgan fingerprint density at radius 1 is 1.29 bits per heavy atom. The standard InChI is InChI=1S/C11H17N5O/c1-4-14-5-6-15(11(14)17)7-10-12-8-13-16(10)9(2)3/h5-6,8-9H,4,7H2,1-3H3. The number of aryl methyl sites for hydroxylation is 1. The van der Waals surface area contributed by atoms with Gasteiger partial charge in [0.15, 0.2) is 0 Å². The van der Waals surface area contributed by atoms with Gasteiger partial charge in [-0.15, -0.1) is 0 Å². The van der Waals surface area contributed by atoms with Gasteiger partial charge in [-0.2, -0.15) is 5.10 Å². The maximum atomic E-state index is 11.9. The largest absolute Gasteiger partial charge is 0.328 e. The lowest BCUT2D eigenvalue weighted by molar-refractivity contribution is 0.492. The highest BCUT2D eigenvalue weighted by molar-refractivity contribution is 4.91. The normalized spacial score (nSPS) is 11.3. The molecule has 2 rings (SSSR count). The fourth-order valence-electron chi connectivity index (χ4n) is 1.79. The van der Waals surface area contributed by atoms with Gasteiger partial charge < -0.3 is 0 Å². The maximum Gasteiger partial charge on any atom is 0.328 e. The molecule has 2 heterocycles. The Bertz CT molecular complexity index is 548. The van der Waals surface area contributed by atoms with Crippen molar-refractivity contribution in [3.63, 3.8) is 0 Å². The maximum absolute atomic E-state index is 11.9. The molecule has 0 spiro atoms. The van der Waals surface area contributed by atoms with E-state index in [-0.39, 0.29) is 11.7 Å². The summed E-state index contributed by atoms with van der Waals surface area (Å²) in [6.07, 6.45) is 5.10. The highest BCUT2D eigenvalue weighted by atomic mass is 16.1. The van der Waals surface area contributed by atoms with Gasteiger partial charge in [-0.3, -0.25) is 9.13 Å². The molecule has 0 N–H and O–H groups in total. The lowest BCUT2D eigenvalue weighted by Gasteiger charge is -2.09. The molecule has 92 valence electrons. The molecule has 0 atom stereocenters. The smallest absolute Gasteiger partial charge is 0.300 e. The third kappa shape index (κ3) is 2.15. The van der Waals surface area contributed by atoms with Gasteiger partial charge in [0, 0.05) is 25.0 Å². The Labute approximate surface area is 99.5 Å². The Morgan fingerprint density at radius 2 is 2.00 bits per heavy atom. The van der Waals surface area contributed by atoms with Crippen molar-refractivity contribution < 1.29 is 0 Å². The van der Waals surface area contributed by atoms with E-state index in [1.807, 2.05) is 25.5 Å². The van der Waals surface area contributed by atoms with E-state index >= 15 is 0 Å². The Morgan fingerprint density at radius 3 is 2.59 bits per heavy atom. The molecule has 0 aliphatic carbocycles. The van der Waals surface area contributed by atoms with Crippen molar-refractivity contribution in [1.82, 2.24) is 23.9 Å². The molecular formula is C11H17N5O. The third-order valence-electron chi connectivity index (χ3n) is 2.71. The van der Waals surface area contributed by atoms with E-state index in [0.29, 0.717) is 13.1 Å². The van der Waals surface area contributed by atoms with Gasteiger partial charge in [0.2, 0.25) is 0 Å². The monoisotopic (exact) mass is 235 g/mol. The molecule has 6 heteroatoms. The van der Waals surface area contributed by atoms with Gasteiger partial charge in [-0.1, -0.05) is 0 Å². The van der Waals surface area contributed by atoms with Crippen LogP contribution in [0.4, 0.5) is 0 Å². The first-order valence-electron chi connectivity index (χ1n) is 5.77. The predicted octanol–water partition coefficient (Wildman–Crippen LogP) is 0.890. The van der Waals surface area contributed by atoms with Crippen molar-refractivity contribution in [2.24, 2.45) is 0 Å². The van der Waals surface area contributed by atoms with Crippen LogP contribution in [0.25, 0.3) is 0 Å². The van der Waals surface area contributed by atoms with Gasteiger partial charge in [0.25, 0.3) is 0 Å². The molecule has 0 aliphatic heterocycles. The van der Waals surface area contributed by atoms with Gasteiger partial charge >= 0.3 is 5.69 Å². The highest BCUT2D eigenvalue weighted by Crippen LogP contribution is 2.05. The fraction of sp³-hybridized carbons (Fsp3) is 0.545. The second-order valence-electron chi connectivity index (χ2n) is 4.21. The van der Waals surface area contributed by atoms with E-state index in [4.69, 9.17) is 0 Å². The lowest BCUT2D eigenvalue weighted by Crippen LogP contribution is -2.25. The van der Waals surface area contributed by atoms with Crippen molar-refractivity contribution in [2.45, 2.75) is 39.9 Å². The number of hydrogen-bond acceptors (Lipinski definition) is 3. The zero-order valence-electron chi connectivity index (χ0n) is 10.4. The molecule has 0 aromatic carbocycles. The quantitative estimate of drug-likeness (QED) is 0.790. The first kappa shape index (κ1) is 11.6. The number of nitrogens with zero attached hydrogens (tertiary/aromatic N) is 5. The number of aromatic nitrogens is 5. The van der Waals surface area contributed by atoms with Crippen LogP contribution in [0.15, 0.2) is 23.5 Å². The summed E-state index contributed by atoms with van der Waals surface area (Å²) in [4.78, 5) is 16.1. The van der Waals surface area contributed by atoms with Gasteiger partial charge in [-0.25, -0.2) is 14.5 Å². The zero-order valence-corrected chi connectivity index (χ0v) is 10.4. The average Bonchev–Trinajstić information content (AvgIpc) is 2.88. The number of hydrogen-bond donors (Lipinski definition) is 0. The minimum absolute atomic E-state index is 0.00851. The molecule has 0 fully saturated rings. The first-order valence-corrected chi connectivity index (χ1v) is 5.77. The van der Waals surface area contributed by atoms with Crippen molar-refractivity contribution in [3.05, 3.63) is 35.0 Å². The molecule has 0 amide bonds. The van der Waals surface area contributed by atoms with Crippen molar-refractivity contribution in [2.75, 3.05) is 0 Å². The molecule has 0 aliphatic rings. The summed E-state index contributed by atoms with van der Waals surface area (Å²) in [6.45, 7) is 7.17. The summed E-state index contributed by atoms with van der Waals surface area (Å²) in [5, 5.41) is 4.15. The Balaban J connectivity index is 2.29. The van der Waals surface area contributed by atoms with E-state index in [9.17, 15) is 4.79 Å². The van der Waals surface area contributed by atoms with Gasteiger partial charge in [-0.05, 0) is 20.8 Å². The van der Waals surface area contributed by atoms with Crippen LogP contribution < -0.4 is 5.69 Å². The topological polar surface area (TPSA) is 57.6 Å². The minimum atomic E-state index is -0.00851. The van der Waals surface area contributed by atoms with Crippen LogP contribution in [0.3, 0.4) is 0 Å². The molecule has 17 heavy (non-hydrogen) atoms. The molecule has 6 nitrogen and oxygen atoms in total. The summed E-state index contributed by atoms with van der Waals surface area (Å²) in [7, 11) is 0. The highest BCUT2D eigenvalue weighted by Gasteiger charge is 2.10. The van der Waals surface area contributed by atoms with Crippen LogP contribution in [-0.2, 0) is 13.1 Å². The molecule has 0 radical (unpaired) electrons. The van der Waals surface area contributed by atoms with Crippen molar-refractivity contribution >= 4 is 0 Å². The minimum Gasteiger partial charge on any atom is -0.300 e. The summed E-state index contributed by atoms with van der Waals surface area (Å²) in [5.74, 6) is 0.802. The summed E-state index contributed by atoms with van der Waals surface area (Å²) >= 11 is 0. The number of imidazole rings is 1. The third-order valence-corrected chi connectivity index (χ3v) is 2.71. The molecule has 0 bridgehead atoms. The van der Waals surface area contributed by atoms with Crippen LogP contribution in [0.1, 0.15) is 32.6 Å². The fourth-order valence-corrected chi connectivity index (χ4v) is 1.79. The van der Waals surface area contributed by atoms with E-state index in [0.717, 1.165) is 5.82 Å². The second-order valence-corrected chi connectivity index (χ2v) is 4.21. The van der Waals surface area contributed by atoms with Crippen LogP contribution in [0.5, 0.6) is 0 Å².